The van der Waals surface area contributed by atoms with Crippen molar-refractivity contribution in [3.8, 4) is 0 Å². The van der Waals surface area contributed by atoms with Gasteiger partial charge in [-0.15, -0.1) is 0 Å². The van der Waals surface area contributed by atoms with Crippen molar-refractivity contribution in [1.82, 2.24) is 10.6 Å². The number of alkyl carbamates (subject to hydrolysis) is 1. The van der Waals surface area contributed by atoms with Gasteiger partial charge in [0, 0.05) is 24.8 Å². The van der Waals surface area contributed by atoms with Gasteiger partial charge in [-0.25, -0.2) is 4.79 Å². The Morgan fingerprint density at radius 1 is 0.641 bits per heavy atom. The second-order valence-corrected chi connectivity index (χ2v) is 35.9. The van der Waals surface area contributed by atoms with Gasteiger partial charge in [-0.05, 0) is 186 Å². The van der Waals surface area contributed by atoms with E-state index in [2.05, 4.69) is 103 Å². The maximum absolute atomic E-state index is 16.5. The molecule has 0 radical (unpaired) electrons. The summed E-state index contributed by atoms with van der Waals surface area (Å²) in [7, 11) is 0. The summed E-state index contributed by atoms with van der Waals surface area (Å²) in [4.78, 5) is 43.6. The first-order valence-corrected chi connectivity index (χ1v) is 39.6. The largest absolute Gasteiger partial charge is 0.444 e. The van der Waals surface area contributed by atoms with E-state index in [-0.39, 0.29) is 71.1 Å². The van der Waals surface area contributed by atoms with Crippen LogP contribution in [0.2, 0.25) is 0 Å². The smallest absolute Gasteiger partial charge is 0.407 e. The molecule has 103 heavy (non-hydrogen) atoms. The van der Waals surface area contributed by atoms with Crippen LogP contribution in [-0.4, -0.2) is 123 Å². The molecule has 23 atom stereocenters. The summed E-state index contributed by atoms with van der Waals surface area (Å²) >= 11 is 0. The van der Waals surface area contributed by atoms with E-state index >= 15 is 4.79 Å². The van der Waals surface area contributed by atoms with Crippen LogP contribution in [0, 0.1) is 68.0 Å². The summed E-state index contributed by atoms with van der Waals surface area (Å²) in [6, 6.07) is 29.6. The highest BCUT2D eigenvalue weighted by atomic mass is 16.8. The normalized spacial score (nSPS) is 39.6. The van der Waals surface area contributed by atoms with E-state index in [1.54, 1.807) is 0 Å². The fraction of sp³-hybridized carbons (Fsp3) is 0.733. The second-order valence-electron chi connectivity index (χ2n) is 35.9. The van der Waals surface area contributed by atoms with Crippen LogP contribution >= 0.6 is 0 Å². The first-order chi connectivity index (χ1) is 48.9. The maximum atomic E-state index is 16.5. The third-order valence-electron chi connectivity index (χ3n) is 27.3. The maximum Gasteiger partial charge on any atom is 0.407 e. The predicted octanol–water partition coefficient (Wildman–Crippen LogP) is 16.7. The number of benzene rings is 3. The third kappa shape index (κ3) is 16.3. The standard InChI is InChI=1S/C86H126N2O15/c1-17-82(13)54(2)39-41-83(14)65(82)40-42-85(16)66(83)38-37-61-62-48-80(9,10)43-45-86(62,46-44-84(61,85)15)77(90)100-75-70(55(3)68(63(97-75)52-92-49-58-30-22-18-23-31-58)88-67(89)36-28-21-29-47-87-78(91)103-79(6,7)8)98-76-73-72(101-81(11,12)102-73)71(57(5)96-76)99-74-56(4)69(94-51-60-34-26-20-27-35-60)64(53-95-74)93-50-59-32-24-19-25-33-59/h18-20,22-27,30-35,37,54-57,62-66,68-76H,17,21,28-29,36,38-53H2,1-16H3,(H,87,91)(H,88,89)/t54-,55?,56?,57?,62?,63?,64+,65-,66?,68+,69?,70?,71-,72?,73?,74-,75-,76-,82-,83?,84+,85-,86-/m0/s1. The highest BCUT2D eigenvalue weighted by Crippen LogP contribution is 2.76. The quantitative estimate of drug-likeness (QED) is 0.0490. The van der Waals surface area contributed by atoms with Crippen LogP contribution in [0.4, 0.5) is 4.79 Å². The lowest BCUT2D eigenvalue weighted by Gasteiger charge is -2.71. The average Bonchev–Trinajstić information content (AvgIpc) is 1.08. The minimum atomic E-state index is -1.27. The molecule has 0 bridgehead atoms. The van der Waals surface area contributed by atoms with Crippen molar-refractivity contribution in [2.75, 3.05) is 19.8 Å². The lowest BCUT2D eigenvalue weighted by atomic mass is 9.33. The zero-order valence-electron chi connectivity index (χ0n) is 65.1. The fourth-order valence-corrected chi connectivity index (χ4v) is 21.0. The summed E-state index contributed by atoms with van der Waals surface area (Å²) in [6.07, 6.45) is 7.07. The van der Waals surface area contributed by atoms with Crippen LogP contribution in [0.3, 0.4) is 0 Å². The van der Waals surface area contributed by atoms with Gasteiger partial charge >= 0.3 is 12.1 Å². The monoisotopic (exact) mass is 1430 g/mol. The number of amides is 2. The van der Waals surface area contributed by atoms with Gasteiger partial charge in [0.15, 0.2) is 18.4 Å². The zero-order chi connectivity index (χ0) is 73.5. The number of ether oxygens (including phenoxy) is 12. The third-order valence-corrected chi connectivity index (χ3v) is 27.3. The van der Waals surface area contributed by atoms with Crippen LogP contribution in [0.5, 0.6) is 0 Å². The number of hydrogen-bond donors (Lipinski definition) is 2. The molecule has 4 aliphatic heterocycles. The number of hydrogen-bond acceptors (Lipinski definition) is 15. The Morgan fingerprint density at radius 3 is 1.95 bits per heavy atom. The Morgan fingerprint density at radius 2 is 1.28 bits per heavy atom. The molecule has 11 unspecified atom stereocenters. The van der Waals surface area contributed by atoms with Crippen molar-refractivity contribution in [2.24, 2.45) is 68.0 Å². The number of rotatable bonds is 24. The number of nitrogens with one attached hydrogen (secondary N) is 2. The number of allylic oxidation sites excluding steroid dienone is 2. The van der Waals surface area contributed by atoms with Crippen LogP contribution in [0.15, 0.2) is 103 Å². The molecule has 3 aromatic rings. The van der Waals surface area contributed by atoms with E-state index in [4.69, 9.17) is 56.8 Å². The molecule has 9 aliphatic rings. The van der Waals surface area contributed by atoms with Crippen molar-refractivity contribution in [3.63, 3.8) is 0 Å². The molecule has 0 aromatic heterocycles. The van der Waals surface area contributed by atoms with E-state index in [0.717, 1.165) is 42.4 Å². The second kappa shape index (κ2) is 31.4. The lowest BCUT2D eigenvalue weighted by molar-refractivity contribution is -0.354. The SMILES string of the molecule is CC[C@]1(C)[C@@H]2CC[C@@]3(C)C(CC=C4C5CC(C)(C)CC[C@]5(C(=O)O[C@@H]5OC(COCc6ccccc6)[C@H](NC(=O)CCCCCNC(=O)OC(C)(C)C)C(C)C5O[C@@H]5OC(C)[C@H](O[C@@H]6OC[C@@H](OCc7ccccc7)C(OCc7ccccc7)C6C)C6OC(C)(C)OC65)CC[C@]43C)C2(C)CC[C@@H]1C. The minimum Gasteiger partial charge on any atom is -0.444 e. The van der Waals surface area contributed by atoms with Crippen molar-refractivity contribution >= 4 is 18.0 Å². The lowest BCUT2D eigenvalue weighted by Crippen LogP contribution is -2.66. The van der Waals surface area contributed by atoms with Crippen molar-refractivity contribution < 1.29 is 71.2 Å². The van der Waals surface area contributed by atoms with Crippen molar-refractivity contribution in [2.45, 2.75) is 312 Å². The molecule has 12 rings (SSSR count). The minimum absolute atomic E-state index is 0.00884. The van der Waals surface area contributed by atoms with Crippen molar-refractivity contribution in [1.29, 1.82) is 0 Å². The Labute approximate surface area is 616 Å². The number of fused-ring (bicyclic) bond motifs is 8. The molecular formula is C86H126N2O15. The first-order valence-electron chi connectivity index (χ1n) is 39.6. The van der Waals surface area contributed by atoms with E-state index in [9.17, 15) is 9.59 Å². The first kappa shape index (κ1) is 77.8. The van der Waals surface area contributed by atoms with Crippen LogP contribution in [0.25, 0.3) is 0 Å². The molecule has 570 valence electrons. The van der Waals surface area contributed by atoms with E-state index in [0.29, 0.717) is 81.6 Å². The zero-order valence-corrected chi connectivity index (χ0v) is 65.1. The van der Waals surface area contributed by atoms with Gasteiger partial charge in [-0.3, -0.25) is 9.59 Å². The van der Waals surface area contributed by atoms with Crippen LogP contribution in [0.1, 0.15) is 224 Å². The van der Waals surface area contributed by atoms with Crippen molar-refractivity contribution in [3.05, 3.63) is 119 Å². The molecule has 8 fully saturated rings. The highest BCUT2D eigenvalue weighted by molar-refractivity contribution is 5.79. The summed E-state index contributed by atoms with van der Waals surface area (Å²) in [5, 5.41) is 6.25. The van der Waals surface area contributed by atoms with Gasteiger partial charge in [0.1, 0.15) is 42.2 Å². The van der Waals surface area contributed by atoms with Gasteiger partial charge in [0.2, 0.25) is 12.2 Å². The van der Waals surface area contributed by atoms with Crippen LogP contribution in [-0.2, 0) is 86.3 Å². The Kier molecular flexibility index (Phi) is 23.7. The number of carbonyl (C=O) groups excluding carboxylic acids is 3. The summed E-state index contributed by atoms with van der Waals surface area (Å²) in [5.74, 6) is -0.496. The Bertz CT molecular complexity index is 3360. The Balaban J connectivity index is 0.835. The molecule has 3 aromatic carbocycles. The molecule has 4 heterocycles. The number of unbranched alkanes of at least 4 members (excludes halogenated alkanes) is 2. The molecule has 4 saturated carbocycles. The topological polar surface area (TPSA) is 186 Å². The molecule has 5 aliphatic carbocycles. The molecule has 2 N–H and O–H groups in total. The highest BCUT2D eigenvalue weighted by Gasteiger charge is 2.70. The average molecular weight is 1430 g/mol. The summed E-state index contributed by atoms with van der Waals surface area (Å²) in [6.45, 7) is 37.4. The van der Waals surface area contributed by atoms with Crippen LogP contribution < -0.4 is 10.6 Å². The van der Waals surface area contributed by atoms with E-state index in [1.165, 1.54) is 37.7 Å². The predicted molar refractivity (Wildman–Crippen MR) is 394 cm³/mol. The molecule has 0 spiro atoms. The number of carbonyl (C=O) groups is 3. The molecule has 17 heteroatoms. The van der Waals surface area contributed by atoms with E-state index < -0.39 is 96.5 Å². The molecule has 17 nitrogen and oxygen atoms in total. The summed E-state index contributed by atoms with van der Waals surface area (Å²) in [5.41, 5.74) is 3.60. The Hall–Kier alpha value is -4.79. The molecule has 4 saturated heterocycles. The molecular weight excluding hydrogens is 1300 g/mol. The van der Waals surface area contributed by atoms with Gasteiger partial charge in [-0.1, -0.05) is 185 Å². The molecule has 2 amide bonds. The van der Waals surface area contributed by atoms with Gasteiger partial charge in [0.05, 0.1) is 56.7 Å². The van der Waals surface area contributed by atoms with E-state index in [1.807, 2.05) is 115 Å². The van der Waals surface area contributed by atoms with Gasteiger partial charge in [0.25, 0.3) is 0 Å². The summed E-state index contributed by atoms with van der Waals surface area (Å²) < 4.78 is 82.2. The fourth-order valence-electron chi connectivity index (χ4n) is 21.0. The number of esters is 1. The van der Waals surface area contributed by atoms with Gasteiger partial charge < -0.3 is 67.5 Å². The van der Waals surface area contributed by atoms with Gasteiger partial charge in [-0.2, -0.15) is 0 Å².